The van der Waals surface area contributed by atoms with Crippen LogP contribution in [-0.2, 0) is 16.2 Å². The second-order valence-corrected chi connectivity index (χ2v) is 6.73. The van der Waals surface area contributed by atoms with Gasteiger partial charge in [0.15, 0.2) is 12.4 Å². The number of ether oxygens (including phenoxy) is 2. The largest absolute Gasteiger partial charge is 0.457 e. The zero-order valence-corrected chi connectivity index (χ0v) is 16.8. The van der Waals surface area contributed by atoms with E-state index in [0.29, 0.717) is 24.7 Å². The van der Waals surface area contributed by atoms with E-state index in [9.17, 15) is 0 Å². The molecule has 0 aliphatic carbocycles. The summed E-state index contributed by atoms with van der Waals surface area (Å²) < 4.78 is 11.2. The highest BCUT2D eigenvalue weighted by Gasteiger charge is 2.16. The van der Waals surface area contributed by atoms with Crippen LogP contribution >= 0.6 is 0 Å². The van der Waals surface area contributed by atoms with Crippen molar-refractivity contribution in [3.8, 4) is 11.5 Å². The van der Waals surface area contributed by atoms with E-state index in [1.807, 2.05) is 54.6 Å². The van der Waals surface area contributed by atoms with E-state index < -0.39 is 0 Å². The molecule has 1 saturated heterocycles. The summed E-state index contributed by atoms with van der Waals surface area (Å²) >= 11 is 0. The van der Waals surface area contributed by atoms with Crippen LogP contribution in [0.2, 0.25) is 0 Å². The number of hydrogen-bond donors (Lipinski definition) is 3. The molecule has 160 valence electrons. The van der Waals surface area contributed by atoms with Gasteiger partial charge in [-0.15, -0.1) is 0 Å². The third-order valence-electron chi connectivity index (χ3n) is 4.36. The molecule has 1 aliphatic heterocycles. The van der Waals surface area contributed by atoms with Gasteiger partial charge >= 0.3 is 6.02 Å². The van der Waals surface area contributed by atoms with Gasteiger partial charge in [-0.1, -0.05) is 18.2 Å². The van der Waals surface area contributed by atoms with Crippen LogP contribution in [0.25, 0.3) is 0 Å². The summed E-state index contributed by atoms with van der Waals surface area (Å²) in [6, 6.07) is 16.8. The third-order valence-corrected chi connectivity index (χ3v) is 4.36. The number of anilines is 3. The van der Waals surface area contributed by atoms with Crippen LogP contribution in [0.15, 0.2) is 54.6 Å². The van der Waals surface area contributed by atoms with E-state index >= 15 is 0 Å². The summed E-state index contributed by atoms with van der Waals surface area (Å²) in [7, 11) is 0. The first kappa shape index (κ1) is 20.4. The van der Waals surface area contributed by atoms with Crippen LogP contribution in [-0.4, -0.2) is 39.2 Å². The molecule has 31 heavy (non-hydrogen) atoms. The van der Waals surface area contributed by atoms with Crippen molar-refractivity contribution in [3.05, 3.63) is 60.4 Å². The van der Waals surface area contributed by atoms with Crippen LogP contribution in [0.5, 0.6) is 11.5 Å². The molecular weight excluding hydrogens is 398 g/mol. The number of hydrogen-bond acceptors (Lipinski definition) is 9. The Morgan fingerprint density at radius 3 is 2.55 bits per heavy atom. The summed E-state index contributed by atoms with van der Waals surface area (Å²) in [5, 5.41) is 12.5. The maximum absolute atomic E-state index is 7.97. The van der Waals surface area contributed by atoms with Gasteiger partial charge in [0.2, 0.25) is 11.9 Å². The van der Waals surface area contributed by atoms with Crippen molar-refractivity contribution in [1.82, 2.24) is 20.0 Å². The average molecular weight is 421 g/mol. The molecule has 2 heterocycles. The molecule has 0 atom stereocenters. The maximum atomic E-state index is 7.97. The molecule has 1 aliphatic rings. The van der Waals surface area contributed by atoms with Crippen molar-refractivity contribution >= 4 is 23.6 Å². The zero-order valence-electron chi connectivity index (χ0n) is 16.8. The Morgan fingerprint density at radius 1 is 1.03 bits per heavy atom. The highest BCUT2D eigenvalue weighted by molar-refractivity contribution is 5.69. The number of benzene rings is 2. The molecule has 0 saturated carbocycles. The van der Waals surface area contributed by atoms with Gasteiger partial charge in [0, 0.05) is 5.69 Å². The minimum atomic E-state index is -0.0813. The summed E-state index contributed by atoms with van der Waals surface area (Å²) in [4.78, 5) is 17.9. The number of para-hydroxylation sites is 1. The number of rotatable bonds is 6. The first-order valence-corrected chi connectivity index (χ1v) is 9.88. The van der Waals surface area contributed by atoms with Crippen molar-refractivity contribution in [3.63, 3.8) is 0 Å². The Kier molecular flexibility index (Phi) is 6.38. The monoisotopic (exact) mass is 421 g/mol. The van der Waals surface area contributed by atoms with Gasteiger partial charge in [-0.3, -0.25) is 4.84 Å². The fourth-order valence-electron chi connectivity index (χ4n) is 2.88. The van der Waals surface area contributed by atoms with Crippen LogP contribution in [0, 0.1) is 5.41 Å². The first-order valence-electron chi connectivity index (χ1n) is 9.88. The molecule has 1 aromatic heterocycles. The van der Waals surface area contributed by atoms with Crippen molar-refractivity contribution in [2.45, 2.75) is 19.4 Å². The van der Waals surface area contributed by atoms with E-state index in [1.54, 1.807) is 0 Å². The molecule has 10 nitrogen and oxygen atoms in total. The van der Waals surface area contributed by atoms with Crippen molar-refractivity contribution in [2.24, 2.45) is 0 Å². The number of aromatic nitrogens is 3. The standard InChI is InChI=1S/C21H23N7O3/c22-19-25-18(14-29-20(23)28-12-4-5-13-30-28)26-21(27-19)24-15-8-10-17(11-9-15)31-16-6-2-1-3-7-16/h1-3,6-11,23H,4-5,12-14H2,(H3,22,24,25,26,27). The van der Waals surface area contributed by atoms with E-state index in [4.69, 9.17) is 25.5 Å². The molecule has 0 spiro atoms. The Bertz CT molecular complexity index is 1010. The second-order valence-electron chi connectivity index (χ2n) is 6.73. The molecule has 0 amide bonds. The lowest BCUT2D eigenvalue weighted by Gasteiger charge is -2.26. The van der Waals surface area contributed by atoms with E-state index in [1.165, 1.54) is 5.06 Å². The predicted molar refractivity (Wildman–Crippen MR) is 115 cm³/mol. The Labute approximate surface area is 179 Å². The molecule has 10 heteroatoms. The van der Waals surface area contributed by atoms with Gasteiger partial charge in [-0.25, -0.2) is 10.5 Å². The maximum Gasteiger partial charge on any atom is 0.309 e. The number of nitrogens with one attached hydrogen (secondary N) is 2. The summed E-state index contributed by atoms with van der Waals surface area (Å²) in [5.41, 5.74) is 6.56. The van der Waals surface area contributed by atoms with Crippen LogP contribution in [0.4, 0.5) is 17.6 Å². The zero-order chi connectivity index (χ0) is 21.5. The lowest BCUT2D eigenvalue weighted by molar-refractivity contribution is -0.140. The normalized spacial score (nSPS) is 13.5. The summed E-state index contributed by atoms with van der Waals surface area (Å²) in [5.74, 6) is 2.11. The number of hydroxylamine groups is 2. The van der Waals surface area contributed by atoms with Gasteiger partial charge in [0.05, 0.1) is 13.2 Å². The van der Waals surface area contributed by atoms with Gasteiger partial charge in [0.25, 0.3) is 0 Å². The fourth-order valence-corrected chi connectivity index (χ4v) is 2.88. The van der Waals surface area contributed by atoms with Gasteiger partial charge in [-0.2, -0.15) is 15.0 Å². The topological polar surface area (TPSA) is 132 Å². The van der Waals surface area contributed by atoms with Crippen LogP contribution < -0.4 is 15.8 Å². The Balaban J connectivity index is 1.36. The smallest absolute Gasteiger partial charge is 0.309 e. The second kappa shape index (κ2) is 9.72. The lowest BCUT2D eigenvalue weighted by Crippen LogP contribution is -2.36. The van der Waals surface area contributed by atoms with Crippen molar-refractivity contribution < 1.29 is 14.3 Å². The van der Waals surface area contributed by atoms with Gasteiger partial charge < -0.3 is 20.5 Å². The highest BCUT2D eigenvalue weighted by Crippen LogP contribution is 2.23. The lowest BCUT2D eigenvalue weighted by atomic mass is 10.3. The molecule has 2 aromatic carbocycles. The van der Waals surface area contributed by atoms with E-state index in [2.05, 4.69) is 20.3 Å². The van der Waals surface area contributed by atoms with Gasteiger partial charge in [-0.05, 0) is 49.2 Å². The van der Waals surface area contributed by atoms with E-state index in [-0.39, 0.29) is 24.5 Å². The number of nitrogens with zero attached hydrogens (tertiary/aromatic N) is 4. The highest BCUT2D eigenvalue weighted by atomic mass is 16.7. The van der Waals surface area contributed by atoms with Crippen molar-refractivity contribution in [1.29, 1.82) is 5.41 Å². The molecule has 0 radical (unpaired) electrons. The molecule has 1 fully saturated rings. The van der Waals surface area contributed by atoms with Crippen molar-refractivity contribution in [2.75, 3.05) is 24.2 Å². The number of nitrogen functional groups attached to an aromatic ring is 1. The number of amidine groups is 1. The Morgan fingerprint density at radius 2 is 1.81 bits per heavy atom. The fraction of sp³-hybridized carbons (Fsp3) is 0.238. The average Bonchev–Trinajstić information content (AvgIpc) is 2.80. The molecule has 4 rings (SSSR count). The summed E-state index contributed by atoms with van der Waals surface area (Å²) in [6.07, 6.45) is 1.93. The molecule has 4 N–H and O–H groups in total. The van der Waals surface area contributed by atoms with E-state index in [0.717, 1.165) is 24.3 Å². The molecule has 3 aromatic rings. The molecular formula is C21H23N7O3. The SMILES string of the molecule is N=C(OCc1nc(N)nc(Nc2ccc(Oc3ccccc3)cc2)n1)N1CCCCO1. The van der Waals surface area contributed by atoms with Crippen LogP contribution in [0.3, 0.4) is 0 Å². The van der Waals surface area contributed by atoms with Gasteiger partial charge in [0.1, 0.15) is 11.5 Å². The quantitative estimate of drug-likeness (QED) is 0.404. The first-order chi connectivity index (χ1) is 15.2. The minimum absolute atomic E-state index is 0.0239. The molecule has 0 unspecified atom stereocenters. The number of nitrogens with two attached hydrogens (primary N) is 1. The summed E-state index contributed by atoms with van der Waals surface area (Å²) in [6.45, 7) is 1.17. The van der Waals surface area contributed by atoms with Crippen LogP contribution in [0.1, 0.15) is 18.7 Å². The Hall–Kier alpha value is -3.92. The predicted octanol–water partition coefficient (Wildman–Crippen LogP) is 3.47. The molecule has 0 bridgehead atoms. The minimum Gasteiger partial charge on any atom is -0.457 e. The third kappa shape index (κ3) is 5.80.